The van der Waals surface area contributed by atoms with Gasteiger partial charge in [0.05, 0.1) is 5.56 Å². The van der Waals surface area contributed by atoms with E-state index in [1.54, 1.807) is 12.4 Å². The molecular formula is C17H22N4O2. The summed E-state index contributed by atoms with van der Waals surface area (Å²) in [4.78, 5) is 22.8. The third-order valence-corrected chi connectivity index (χ3v) is 4.47. The van der Waals surface area contributed by atoms with Crippen molar-refractivity contribution in [1.82, 2.24) is 19.4 Å². The summed E-state index contributed by atoms with van der Waals surface area (Å²) in [5, 5.41) is 10.6. The smallest absolute Gasteiger partial charge is 0.255 e. The van der Waals surface area contributed by atoms with Gasteiger partial charge in [-0.15, -0.1) is 0 Å². The number of hydrogen-bond acceptors (Lipinski definition) is 4. The number of nitrogens with zero attached hydrogens (tertiary/aromatic N) is 4. The van der Waals surface area contributed by atoms with Crippen molar-refractivity contribution >= 4 is 5.91 Å². The Hall–Kier alpha value is -2.21. The van der Waals surface area contributed by atoms with Crippen LogP contribution in [0.25, 0.3) is 0 Å². The molecule has 1 aliphatic heterocycles. The van der Waals surface area contributed by atoms with Gasteiger partial charge >= 0.3 is 0 Å². The van der Waals surface area contributed by atoms with E-state index >= 15 is 0 Å². The number of hydrogen-bond donors (Lipinski definition) is 1. The Morgan fingerprint density at radius 1 is 1.39 bits per heavy atom. The predicted molar refractivity (Wildman–Crippen MR) is 85.8 cm³/mol. The maximum Gasteiger partial charge on any atom is 0.255 e. The number of carbonyl (C=O) groups excluding carboxylic acids is 1. The van der Waals surface area contributed by atoms with E-state index in [1.165, 1.54) is 0 Å². The van der Waals surface area contributed by atoms with Crippen LogP contribution >= 0.6 is 0 Å². The number of aromatic nitrogens is 3. The Morgan fingerprint density at radius 2 is 2.22 bits per heavy atom. The highest BCUT2D eigenvalue weighted by molar-refractivity contribution is 5.94. The van der Waals surface area contributed by atoms with E-state index in [9.17, 15) is 9.90 Å². The van der Waals surface area contributed by atoms with Gasteiger partial charge in [0.1, 0.15) is 11.9 Å². The van der Waals surface area contributed by atoms with Gasteiger partial charge in [-0.25, -0.2) is 4.98 Å². The standard InChI is InChI=1S/C17H22N4O2/c1-12-5-6-13(10-19-12)17(23)21-8-3-4-14(11-21)15(22)16-18-7-9-20(16)2/h5-7,9-10,14-15,22H,3-4,8,11H2,1-2H3. The van der Waals surface area contributed by atoms with Gasteiger partial charge in [-0.2, -0.15) is 0 Å². The zero-order valence-corrected chi connectivity index (χ0v) is 13.5. The van der Waals surface area contributed by atoms with Crippen molar-refractivity contribution in [1.29, 1.82) is 0 Å². The fourth-order valence-electron chi connectivity index (χ4n) is 3.10. The van der Waals surface area contributed by atoms with Crippen LogP contribution < -0.4 is 0 Å². The number of aliphatic hydroxyl groups excluding tert-OH is 1. The molecule has 6 nitrogen and oxygen atoms in total. The number of piperidine rings is 1. The third kappa shape index (κ3) is 3.27. The average molecular weight is 314 g/mol. The van der Waals surface area contributed by atoms with Crippen molar-refractivity contribution in [2.75, 3.05) is 13.1 Å². The summed E-state index contributed by atoms with van der Waals surface area (Å²) in [6.45, 7) is 3.16. The van der Waals surface area contributed by atoms with Crippen LogP contribution in [0.3, 0.4) is 0 Å². The minimum absolute atomic E-state index is 0.00667. The second-order valence-electron chi connectivity index (χ2n) is 6.18. The molecular weight excluding hydrogens is 292 g/mol. The lowest BCUT2D eigenvalue weighted by Gasteiger charge is -2.35. The lowest BCUT2D eigenvalue weighted by molar-refractivity contribution is 0.0358. The summed E-state index contributed by atoms with van der Waals surface area (Å²) in [5.41, 5.74) is 1.49. The van der Waals surface area contributed by atoms with E-state index in [1.807, 2.05) is 41.8 Å². The number of aliphatic hydroxyl groups is 1. The van der Waals surface area contributed by atoms with E-state index in [0.29, 0.717) is 17.9 Å². The molecule has 2 aromatic rings. The molecule has 1 saturated heterocycles. The van der Waals surface area contributed by atoms with Crippen LogP contribution in [-0.4, -0.2) is 43.5 Å². The highest BCUT2D eigenvalue weighted by Crippen LogP contribution is 2.29. The predicted octanol–water partition coefficient (Wildman–Crippen LogP) is 1.71. The Bertz CT molecular complexity index is 680. The quantitative estimate of drug-likeness (QED) is 0.936. The zero-order valence-electron chi connectivity index (χ0n) is 13.5. The van der Waals surface area contributed by atoms with Gasteiger partial charge in [0.15, 0.2) is 0 Å². The van der Waals surface area contributed by atoms with Crippen molar-refractivity contribution in [3.63, 3.8) is 0 Å². The fourth-order valence-corrected chi connectivity index (χ4v) is 3.10. The summed E-state index contributed by atoms with van der Waals surface area (Å²) >= 11 is 0. The molecule has 1 amide bonds. The normalized spacial score (nSPS) is 19.6. The summed E-state index contributed by atoms with van der Waals surface area (Å²) in [6, 6.07) is 3.65. The first-order chi connectivity index (χ1) is 11.1. The van der Waals surface area contributed by atoms with Gasteiger partial charge < -0.3 is 14.6 Å². The van der Waals surface area contributed by atoms with Crippen molar-refractivity contribution in [2.24, 2.45) is 13.0 Å². The van der Waals surface area contributed by atoms with Crippen molar-refractivity contribution in [2.45, 2.75) is 25.9 Å². The molecule has 0 radical (unpaired) electrons. The van der Waals surface area contributed by atoms with Crippen LogP contribution in [-0.2, 0) is 7.05 Å². The Morgan fingerprint density at radius 3 is 2.87 bits per heavy atom. The first kappa shape index (κ1) is 15.7. The molecule has 122 valence electrons. The molecule has 2 atom stereocenters. The molecule has 0 bridgehead atoms. The van der Waals surface area contributed by atoms with E-state index < -0.39 is 6.10 Å². The second kappa shape index (κ2) is 6.50. The van der Waals surface area contributed by atoms with Gasteiger partial charge in [-0.1, -0.05) is 0 Å². The summed E-state index contributed by atoms with van der Waals surface area (Å²) in [6.07, 6.45) is 6.25. The monoisotopic (exact) mass is 314 g/mol. The largest absolute Gasteiger partial charge is 0.385 e. The van der Waals surface area contributed by atoms with Crippen LogP contribution in [0.4, 0.5) is 0 Å². The van der Waals surface area contributed by atoms with Crippen molar-refractivity contribution in [3.8, 4) is 0 Å². The molecule has 0 saturated carbocycles. The lowest BCUT2D eigenvalue weighted by atomic mass is 9.91. The van der Waals surface area contributed by atoms with Crippen molar-refractivity contribution < 1.29 is 9.90 Å². The number of aryl methyl sites for hydroxylation is 2. The van der Waals surface area contributed by atoms with Gasteiger partial charge in [0, 0.05) is 50.3 Å². The molecule has 1 N–H and O–H groups in total. The molecule has 6 heteroatoms. The second-order valence-corrected chi connectivity index (χ2v) is 6.18. The topological polar surface area (TPSA) is 71.2 Å². The van der Waals surface area contributed by atoms with E-state index in [0.717, 1.165) is 25.1 Å². The number of pyridine rings is 1. The number of amides is 1. The van der Waals surface area contributed by atoms with Crippen molar-refractivity contribution in [3.05, 3.63) is 47.8 Å². The van der Waals surface area contributed by atoms with Crippen LogP contribution in [0.15, 0.2) is 30.7 Å². The molecule has 2 unspecified atom stereocenters. The van der Waals surface area contributed by atoms with Crippen LogP contribution in [0.2, 0.25) is 0 Å². The average Bonchev–Trinajstić information content (AvgIpc) is 3.00. The van der Waals surface area contributed by atoms with Gasteiger partial charge in [0.25, 0.3) is 5.91 Å². The molecule has 3 heterocycles. The zero-order chi connectivity index (χ0) is 16.4. The SMILES string of the molecule is Cc1ccc(C(=O)N2CCCC(C(O)c3nccn3C)C2)cn1. The molecule has 0 spiro atoms. The van der Waals surface area contributed by atoms with Gasteiger partial charge in [-0.05, 0) is 31.9 Å². The van der Waals surface area contributed by atoms with E-state index in [2.05, 4.69) is 9.97 Å². The first-order valence-electron chi connectivity index (χ1n) is 7.93. The molecule has 0 aromatic carbocycles. The molecule has 0 aliphatic carbocycles. The number of likely N-dealkylation sites (tertiary alicyclic amines) is 1. The summed E-state index contributed by atoms with van der Waals surface area (Å²) in [7, 11) is 1.87. The molecule has 2 aromatic heterocycles. The minimum atomic E-state index is -0.651. The lowest BCUT2D eigenvalue weighted by Crippen LogP contribution is -2.42. The van der Waals surface area contributed by atoms with Crippen LogP contribution in [0, 0.1) is 12.8 Å². The summed E-state index contributed by atoms with van der Waals surface area (Å²) < 4.78 is 1.83. The molecule has 3 rings (SSSR count). The van der Waals surface area contributed by atoms with Gasteiger partial charge in [-0.3, -0.25) is 9.78 Å². The van der Waals surface area contributed by atoms with E-state index in [-0.39, 0.29) is 11.8 Å². The fraction of sp³-hybridized carbons (Fsp3) is 0.471. The summed E-state index contributed by atoms with van der Waals surface area (Å²) in [5.74, 6) is 0.641. The first-order valence-corrected chi connectivity index (χ1v) is 7.93. The maximum atomic E-state index is 12.6. The number of imidazole rings is 1. The maximum absolute atomic E-state index is 12.6. The molecule has 1 fully saturated rings. The Kier molecular flexibility index (Phi) is 4.43. The molecule has 23 heavy (non-hydrogen) atoms. The Balaban J connectivity index is 1.72. The third-order valence-electron chi connectivity index (χ3n) is 4.47. The van der Waals surface area contributed by atoms with E-state index in [4.69, 9.17) is 0 Å². The Labute approximate surface area is 135 Å². The number of carbonyl (C=O) groups is 1. The minimum Gasteiger partial charge on any atom is -0.385 e. The highest BCUT2D eigenvalue weighted by atomic mass is 16.3. The highest BCUT2D eigenvalue weighted by Gasteiger charge is 2.31. The molecule has 1 aliphatic rings. The van der Waals surface area contributed by atoms with Crippen LogP contribution in [0.5, 0.6) is 0 Å². The number of rotatable bonds is 3. The van der Waals surface area contributed by atoms with Crippen LogP contribution in [0.1, 0.15) is 40.8 Å². The van der Waals surface area contributed by atoms with Gasteiger partial charge in [0.2, 0.25) is 0 Å².